The van der Waals surface area contributed by atoms with E-state index in [4.69, 9.17) is 5.73 Å². The molecule has 4 heteroatoms. The van der Waals surface area contributed by atoms with Gasteiger partial charge < -0.3 is 5.73 Å². The van der Waals surface area contributed by atoms with Gasteiger partial charge in [-0.15, -0.1) is 11.3 Å². The van der Waals surface area contributed by atoms with Gasteiger partial charge in [-0.3, -0.25) is 4.79 Å². The van der Waals surface area contributed by atoms with Crippen molar-refractivity contribution in [1.29, 1.82) is 0 Å². The number of hydrogen-bond donors (Lipinski definition) is 1. The number of Topliss-reactive ketones (excluding diaryl/α,β-unsaturated/α-hetero) is 1. The van der Waals surface area contributed by atoms with Gasteiger partial charge in [0.15, 0.2) is 0 Å². The zero-order valence-corrected chi connectivity index (χ0v) is 10.7. The predicted molar refractivity (Wildman–Crippen MR) is 63.5 cm³/mol. The van der Waals surface area contributed by atoms with Crippen LogP contribution in [-0.2, 0) is 11.2 Å². The van der Waals surface area contributed by atoms with E-state index < -0.39 is 0 Å². The number of halogens is 1. The number of carbonyl (C=O) groups is 1. The third kappa shape index (κ3) is 3.19. The molecule has 0 spiro atoms. The minimum Gasteiger partial charge on any atom is -0.327 e. The third-order valence-electron chi connectivity index (χ3n) is 2.27. The Hall–Kier alpha value is -0.190. The SMILES string of the molecule is CC(N)C(C)C(=O)Cc1cc(Br)cs1. The van der Waals surface area contributed by atoms with Gasteiger partial charge in [0.05, 0.1) is 0 Å². The molecule has 0 saturated carbocycles. The maximum atomic E-state index is 11.7. The molecule has 0 fully saturated rings. The van der Waals surface area contributed by atoms with E-state index in [2.05, 4.69) is 15.9 Å². The summed E-state index contributed by atoms with van der Waals surface area (Å²) in [6.07, 6.45) is 0.499. The van der Waals surface area contributed by atoms with Crippen LogP contribution in [0, 0.1) is 5.92 Å². The highest BCUT2D eigenvalue weighted by Crippen LogP contribution is 2.21. The zero-order valence-electron chi connectivity index (χ0n) is 8.29. The number of nitrogens with two attached hydrogens (primary N) is 1. The molecule has 1 aromatic heterocycles. The van der Waals surface area contributed by atoms with Crippen molar-refractivity contribution in [1.82, 2.24) is 0 Å². The van der Waals surface area contributed by atoms with Crippen molar-refractivity contribution in [3.8, 4) is 0 Å². The van der Waals surface area contributed by atoms with Gasteiger partial charge in [-0.1, -0.05) is 6.92 Å². The van der Waals surface area contributed by atoms with Crippen LogP contribution in [0.5, 0.6) is 0 Å². The van der Waals surface area contributed by atoms with Gasteiger partial charge in [-0.05, 0) is 28.9 Å². The highest BCUT2D eigenvalue weighted by Gasteiger charge is 2.17. The van der Waals surface area contributed by atoms with Gasteiger partial charge in [0.1, 0.15) is 5.78 Å². The van der Waals surface area contributed by atoms with E-state index in [-0.39, 0.29) is 17.7 Å². The van der Waals surface area contributed by atoms with Crippen LogP contribution in [-0.4, -0.2) is 11.8 Å². The first-order chi connectivity index (χ1) is 6.50. The van der Waals surface area contributed by atoms with E-state index in [9.17, 15) is 4.79 Å². The summed E-state index contributed by atoms with van der Waals surface area (Å²) >= 11 is 4.96. The van der Waals surface area contributed by atoms with Crippen LogP contribution < -0.4 is 5.73 Å². The van der Waals surface area contributed by atoms with E-state index in [1.54, 1.807) is 11.3 Å². The lowest BCUT2D eigenvalue weighted by Gasteiger charge is -2.13. The molecule has 14 heavy (non-hydrogen) atoms. The Morgan fingerprint density at radius 1 is 1.64 bits per heavy atom. The number of thiophene rings is 1. The van der Waals surface area contributed by atoms with Gasteiger partial charge in [-0.25, -0.2) is 0 Å². The van der Waals surface area contributed by atoms with Crippen molar-refractivity contribution in [3.05, 3.63) is 20.8 Å². The number of carbonyl (C=O) groups excluding carboxylic acids is 1. The molecule has 0 aliphatic carbocycles. The first-order valence-electron chi connectivity index (χ1n) is 4.52. The molecule has 0 aliphatic rings. The summed E-state index contributed by atoms with van der Waals surface area (Å²) < 4.78 is 1.04. The predicted octanol–water partition coefficient (Wildman–Crippen LogP) is 2.61. The fourth-order valence-electron chi connectivity index (χ4n) is 1.07. The zero-order chi connectivity index (χ0) is 10.7. The Morgan fingerprint density at radius 3 is 2.71 bits per heavy atom. The standard InChI is InChI=1S/C10H14BrNOS/c1-6(7(2)12)10(13)4-9-3-8(11)5-14-9/h3,5-7H,4,12H2,1-2H3. The van der Waals surface area contributed by atoms with E-state index in [0.29, 0.717) is 6.42 Å². The molecule has 78 valence electrons. The van der Waals surface area contributed by atoms with Crippen LogP contribution in [0.2, 0.25) is 0 Å². The van der Waals surface area contributed by atoms with Gasteiger partial charge in [0.2, 0.25) is 0 Å². The second-order valence-corrected chi connectivity index (χ2v) is 5.43. The highest BCUT2D eigenvalue weighted by molar-refractivity contribution is 9.10. The molecule has 0 aliphatic heterocycles. The molecule has 0 radical (unpaired) electrons. The van der Waals surface area contributed by atoms with Crippen LogP contribution in [0.4, 0.5) is 0 Å². The molecule has 0 aromatic carbocycles. The minimum absolute atomic E-state index is 0.0594. The molecule has 2 N–H and O–H groups in total. The molecule has 0 bridgehead atoms. The molecule has 2 nitrogen and oxygen atoms in total. The summed E-state index contributed by atoms with van der Waals surface area (Å²) in [4.78, 5) is 12.8. The number of ketones is 1. The molecule has 1 heterocycles. The summed E-state index contributed by atoms with van der Waals surface area (Å²) in [6.45, 7) is 3.75. The van der Waals surface area contributed by atoms with E-state index >= 15 is 0 Å². The second kappa shape index (κ2) is 5.05. The van der Waals surface area contributed by atoms with Crippen molar-refractivity contribution in [2.45, 2.75) is 26.3 Å². The van der Waals surface area contributed by atoms with Gasteiger partial charge in [0.25, 0.3) is 0 Å². The van der Waals surface area contributed by atoms with Crippen LogP contribution in [0.3, 0.4) is 0 Å². The number of rotatable bonds is 4. The lowest BCUT2D eigenvalue weighted by molar-refractivity contribution is -0.122. The van der Waals surface area contributed by atoms with Gasteiger partial charge >= 0.3 is 0 Å². The van der Waals surface area contributed by atoms with Gasteiger partial charge in [0, 0.05) is 33.1 Å². The normalized spacial score (nSPS) is 15.1. The first-order valence-corrected chi connectivity index (χ1v) is 6.19. The van der Waals surface area contributed by atoms with Gasteiger partial charge in [-0.2, -0.15) is 0 Å². The molecular formula is C10H14BrNOS. The third-order valence-corrected chi connectivity index (χ3v) is 3.96. The maximum absolute atomic E-state index is 11.7. The van der Waals surface area contributed by atoms with Crippen LogP contribution >= 0.6 is 27.3 Å². The molecule has 1 aromatic rings. The second-order valence-electron chi connectivity index (χ2n) is 3.52. The highest BCUT2D eigenvalue weighted by atomic mass is 79.9. The molecule has 1 rings (SSSR count). The van der Waals surface area contributed by atoms with Crippen molar-refractivity contribution in [3.63, 3.8) is 0 Å². The molecule has 0 saturated heterocycles. The van der Waals surface area contributed by atoms with E-state index in [1.165, 1.54) is 0 Å². The Balaban J connectivity index is 2.57. The quantitative estimate of drug-likeness (QED) is 0.918. The molecule has 2 unspecified atom stereocenters. The molecule has 2 atom stereocenters. The lowest BCUT2D eigenvalue weighted by atomic mass is 9.97. The monoisotopic (exact) mass is 275 g/mol. The Bertz CT molecular complexity index is 322. The smallest absolute Gasteiger partial charge is 0.142 e. The minimum atomic E-state index is -0.0640. The Morgan fingerprint density at radius 2 is 2.29 bits per heavy atom. The van der Waals surface area contributed by atoms with Crippen molar-refractivity contribution in [2.24, 2.45) is 11.7 Å². The summed E-state index contributed by atoms with van der Waals surface area (Å²) in [6, 6.07) is 1.92. The number of hydrogen-bond acceptors (Lipinski definition) is 3. The Kier molecular flexibility index (Phi) is 4.29. The van der Waals surface area contributed by atoms with Crippen molar-refractivity contribution in [2.75, 3.05) is 0 Å². The van der Waals surface area contributed by atoms with E-state index in [0.717, 1.165) is 9.35 Å². The molecule has 0 amide bonds. The lowest BCUT2D eigenvalue weighted by Crippen LogP contribution is -2.31. The summed E-state index contributed by atoms with van der Waals surface area (Å²) in [7, 11) is 0. The first kappa shape index (κ1) is 11.9. The topological polar surface area (TPSA) is 43.1 Å². The summed E-state index contributed by atoms with van der Waals surface area (Å²) in [5.74, 6) is 0.158. The van der Waals surface area contributed by atoms with Crippen LogP contribution in [0.1, 0.15) is 18.7 Å². The fraction of sp³-hybridized carbons (Fsp3) is 0.500. The van der Waals surface area contributed by atoms with Crippen molar-refractivity contribution < 1.29 is 4.79 Å². The maximum Gasteiger partial charge on any atom is 0.142 e. The van der Waals surface area contributed by atoms with Crippen LogP contribution in [0.15, 0.2) is 15.9 Å². The van der Waals surface area contributed by atoms with Crippen LogP contribution in [0.25, 0.3) is 0 Å². The summed E-state index contributed by atoms with van der Waals surface area (Å²) in [5, 5.41) is 1.99. The average Bonchev–Trinajstić information content (AvgIpc) is 2.49. The summed E-state index contributed by atoms with van der Waals surface area (Å²) in [5.41, 5.74) is 5.67. The van der Waals surface area contributed by atoms with Crippen molar-refractivity contribution >= 4 is 33.0 Å². The Labute approximate surface area is 96.6 Å². The van der Waals surface area contributed by atoms with E-state index in [1.807, 2.05) is 25.3 Å². The fourth-order valence-corrected chi connectivity index (χ4v) is 2.53. The average molecular weight is 276 g/mol. The largest absolute Gasteiger partial charge is 0.327 e. The molecular weight excluding hydrogens is 262 g/mol.